The first kappa shape index (κ1) is 47.6. The lowest BCUT2D eigenvalue weighted by Crippen LogP contribution is -2.48. The molecule has 360 valence electrons. The van der Waals surface area contributed by atoms with E-state index in [4.69, 9.17) is 24.0 Å². The quantitative estimate of drug-likeness (QED) is 0.129. The van der Waals surface area contributed by atoms with Crippen LogP contribution in [0.15, 0.2) is 62.1 Å². The molecule has 6 aromatic rings. The smallest absolute Gasteiger partial charge is 0.408 e. The standard InChI is InChI=1S/C21H22F4N6O2.C10H6BrF4N3O.C10H16N4O/c1-12-27-28-20(32-12)30-9-13-5-6-14(10-30)17(13)8-18-26-19(31(29-18)11-21(23,24)25)33-16-4-2-3-15(22)7-16;11-8-16-9(18(17-8)5-10(13,14)15)19-7-3-1-2-6(12)4-7;1-6-12-13-10(15-6)14-4-7-2-3-8(5-14)9(7)11/h2-4,7,13-14,17H,5-6,8-11H2,1H3;1-4H,5H2;7-9H,2-5,11H2,1H3. The van der Waals surface area contributed by atoms with Crippen LogP contribution in [0.1, 0.15) is 43.3 Å². The Morgan fingerprint density at radius 3 is 1.55 bits per heavy atom. The first-order valence-corrected chi connectivity index (χ1v) is 22.0. The van der Waals surface area contributed by atoms with E-state index in [9.17, 15) is 35.1 Å². The third-order valence-corrected chi connectivity index (χ3v) is 12.2. The Labute approximate surface area is 385 Å². The Morgan fingerprint density at radius 2 is 1.10 bits per heavy atom. The molecule has 4 atom stereocenters. The van der Waals surface area contributed by atoms with Gasteiger partial charge in [0.05, 0.1) is 0 Å². The maximum absolute atomic E-state index is 13.5. The fourth-order valence-electron chi connectivity index (χ4n) is 9.01. The number of hydrogen-bond donors (Lipinski definition) is 1. The maximum atomic E-state index is 13.5. The Kier molecular flexibility index (Phi) is 14.0. The van der Waals surface area contributed by atoms with Gasteiger partial charge < -0.3 is 33.8 Å². The van der Waals surface area contributed by atoms with Gasteiger partial charge in [-0.15, -0.1) is 15.3 Å². The molecule has 2 aromatic carbocycles. The Balaban J connectivity index is 0.000000151. The summed E-state index contributed by atoms with van der Waals surface area (Å²) < 4.78 is 125. The van der Waals surface area contributed by atoms with Gasteiger partial charge in [-0.05, 0) is 95.5 Å². The molecule has 26 heteroatoms. The fraction of sp³-hybridized carbons (Fsp3) is 0.512. The molecule has 0 amide bonds. The van der Waals surface area contributed by atoms with Gasteiger partial charge in [0.15, 0.2) is 5.82 Å². The van der Waals surface area contributed by atoms with Gasteiger partial charge >= 0.3 is 36.4 Å². The monoisotopic (exact) mass is 1010 g/mol. The number of aryl methyl sites for hydroxylation is 2. The van der Waals surface area contributed by atoms with E-state index in [1.165, 1.54) is 49.2 Å². The van der Waals surface area contributed by atoms with Gasteiger partial charge in [-0.2, -0.15) is 41.4 Å². The minimum atomic E-state index is -4.50. The van der Waals surface area contributed by atoms with E-state index in [1.807, 2.05) is 6.92 Å². The van der Waals surface area contributed by atoms with Crippen LogP contribution < -0.4 is 25.0 Å². The lowest BCUT2D eigenvalue weighted by Gasteiger charge is -2.36. The zero-order valence-corrected chi connectivity index (χ0v) is 37.4. The molecule has 2 N–H and O–H groups in total. The number of nitrogens with two attached hydrogens (primary N) is 1. The van der Waals surface area contributed by atoms with Crippen molar-refractivity contribution in [1.82, 2.24) is 49.9 Å². The SMILES string of the molecule is Cc1nnc(N2CC3CCC(C2)C3Cc2nc(Oc3cccc(F)c3)n(CC(F)(F)F)n2)o1.Cc1nnc(N2CC3CCC(C2)C3N)o1.Fc1cccc(Oc2nc(Br)nn2CC(F)(F)F)c1. The zero-order chi connectivity index (χ0) is 47.6. The normalized spacial score (nSPS) is 22.3. The number of anilines is 2. The van der Waals surface area contributed by atoms with Crippen LogP contribution in [0.5, 0.6) is 23.5 Å². The number of fused-ring (bicyclic) bond motifs is 4. The van der Waals surface area contributed by atoms with Crippen molar-refractivity contribution in [3.8, 4) is 23.5 Å². The number of piperidine rings is 2. The molecule has 2 saturated carbocycles. The van der Waals surface area contributed by atoms with Crippen LogP contribution in [0, 0.1) is 55.1 Å². The second kappa shape index (κ2) is 19.7. The number of ether oxygens (including phenoxy) is 2. The third kappa shape index (κ3) is 12.4. The van der Waals surface area contributed by atoms with Crippen molar-refractivity contribution in [2.24, 2.45) is 35.3 Å². The molecular weight excluding hydrogens is 970 g/mol. The highest BCUT2D eigenvalue weighted by atomic mass is 79.9. The van der Waals surface area contributed by atoms with Crippen LogP contribution in [-0.2, 0) is 19.5 Å². The predicted octanol–water partition coefficient (Wildman–Crippen LogP) is 8.25. The van der Waals surface area contributed by atoms with Crippen LogP contribution in [0.3, 0.4) is 0 Å². The van der Waals surface area contributed by atoms with Gasteiger partial charge in [0.1, 0.15) is 36.2 Å². The highest BCUT2D eigenvalue weighted by Crippen LogP contribution is 2.44. The minimum Gasteiger partial charge on any atom is -0.424 e. The molecule has 4 unspecified atom stereocenters. The third-order valence-electron chi connectivity index (χ3n) is 11.9. The number of halogens is 9. The van der Waals surface area contributed by atoms with Crippen LogP contribution in [0.25, 0.3) is 0 Å². The summed E-state index contributed by atoms with van der Waals surface area (Å²) in [4.78, 5) is 12.1. The molecule has 2 aliphatic carbocycles. The van der Waals surface area contributed by atoms with Gasteiger partial charge in [-0.3, -0.25) is 0 Å². The summed E-state index contributed by atoms with van der Waals surface area (Å²) in [6.07, 6.45) is -4.02. The van der Waals surface area contributed by atoms with E-state index in [2.05, 4.69) is 66.3 Å². The second-order valence-electron chi connectivity index (χ2n) is 16.8. The summed E-state index contributed by atoms with van der Waals surface area (Å²) in [6, 6.07) is 11.0. The van der Waals surface area contributed by atoms with Crippen LogP contribution in [-0.4, -0.2) is 94.5 Å². The van der Waals surface area contributed by atoms with Crippen LogP contribution >= 0.6 is 15.9 Å². The average molecular weight is 1010 g/mol. The van der Waals surface area contributed by atoms with E-state index in [0.29, 0.717) is 69.3 Å². The minimum absolute atomic E-state index is 0.0309. The maximum Gasteiger partial charge on any atom is 0.408 e. The lowest BCUT2D eigenvalue weighted by molar-refractivity contribution is -0.144. The molecule has 17 nitrogen and oxygen atoms in total. The van der Waals surface area contributed by atoms with Gasteiger partial charge in [0.2, 0.25) is 16.5 Å². The number of alkyl halides is 6. The Hall–Kier alpha value is -5.92. The highest BCUT2D eigenvalue weighted by molar-refractivity contribution is 9.10. The van der Waals surface area contributed by atoms with Gasteiger partial charge in [0.25, 0.3) is 0 Å². The van der Waals surface area contributed by atoms with Crippen molar-refractivity contribution in [3.63, 3.8) is 0 Å². The molecule has 0 radical (unpaired) electrons. The number of rotatable bonds is 10. The number of benzene rings is 2. The lowest BCUT2D eigenvalue weighted by atomic mass is 9.82. The predicted molar refractivity (Wildman–Crippen MR) is 223 cm³/mol. The van der Waals surface area contributed by atoms with Crippen molar-refractivity contribution in [2.75, 3.05) is 36.0 Å². The number of nitrogens with zero attached hydrogens (tertiary/aromatic N) is 12. The molecule has 4 aromatic heterocycles. The summed E-state index contributed by atoms with van der Waals surface area (Å²) in [6.45, 7) is 4.28. The van der Waals surface area contributed by atoms with Crippen molar-refractivity contribution >= 4 is 28.0 Å². The van der Waals surface area contributed by atoms with E-state index in [0.717, 1.165) is 51.2 Å². The van der Waals surface area contributed by atoms with Crippen molar-refractivity contribution < 1.29 is 53.4 Å². The topological polar surface area (TPSA) is 190 Å². The van der Waals surface area contributed by atoms with E-state index >= 15 is 0 Å². The summed E-state index contributed by atoms with van der Waals surface area (Å²) in [5, 5.41) is 23.5. The zero-order valence-electron chi connectivity index (χ0n) is 35.8. The molecule has 67 heavy (non-hydrogen) atoms. The van der Waals surface area contributed by atoms with E-state index in [1.54, 1.807) is 6.92 Å². The van der Waals surface area contributed by atoms with E-state index in [-0.39, 0.29) is 40.0 Å². The molecular formula is C41H44BrF8N13O4. The molecule has 4 aliphatic rings. The summed E-state index contributed by atoms with van der Waals surface area (Å²) >= 11 is 2.85. The fourth-order valence-corrected chi connectivity index (χ4v) is 9.36. The Morgan fingerprint density at radius 1 is 0.657 bits per heavy atom. The molecule has 2 saturated heterocycles. The first-order valence-electron chi connectivity index (χ1n) is 21.2. The largest absolute Gasteiger partial charge is 0.424 e. The van der Waals surface area contributed by atoms with Gasteiger partial charge in [-0.1, -0.05) is 22.3 Å². The second-order valence-corrected chi connectivity index (χ2v) is 17.5. The van der Waals surface area contributed by atoms with Gasteiger partial charge in [0, 0.05) is 64.6 Å². The first-order chi connectivity index (χ1) is 31.8. The van der Waals surface area contributed by atoms with Crippen LogP contribution in [0.2, 0.25) is 0 Å². The van der Waals surface area contributed by atoms with Crippen LogP contribution in [0.4, 0.5) is 47.2 Å². The van der Waals surface area contributed by atoms with Crippen molar-refractivity contribution in [1.29, 1.82) is 0 Å². The number of aromatic nitrogens is 10. The molecule has 4 bridgehead atoms. The van der Waals surface area contributed by atoms with Gasteiger partial charge in [-0.25, -0.2) is 18.1 Å². The van der Waals surface area contributed by atoms with E-state index < -0.39 is 37.1 Å². The molecule has 2 aliphatic heterocycles. The summed E-state index contributed by atoms with van der Waals surface area (Å²) in [5.74, 6) is 2.46. The number of hydrogen-bond acceptors (Lipinski definition) is 15. The molecule has 4 fully saturated rings. The molecule has 6 heterocycles. The molecule has 0 spiro atoms. The average Bonchev–Trinajstić information content (AvgIpc) is 4.09. The highest BCUT2D eigenvalue weighted by Gasteiger charge is 2.44. The summed E-state index contributed by atoms with van der Waals surface area (Å²) in [7, 11) is 0. The summed E-state index contributed by atoms with van der Waals surface area (Å²) in [5.41, 5.74) is 6.14. The molecule has 10 rings (SSSR count). The van der Waals surface area contributed by atoms with Crippen molar-refractivity contribution in [2.45, 2.75) is 77.4 Å². The Bertz CT molecular complexity index is 2580. The van der Waals surface area contributed by atoms with Crippen molar-refractivity contribution in [3.05, 3.63) is 82.5 Å².